The molecule has 0 aromatic carbocycles. The zero-order valence-electron chi connectivity index (χ0n) is 11.5. The summed E-state index contributed by atoms with van der Waals surface area (Å²) >= 11 is 0. The Morgan fingerprint density at radius 1 is 1.25 bits per heavy atom. The molecule has 1 aliphatic rings. The second-order valence-electron chi connectivity index (χ2n) is 5.69. The Bertz CT molecular complexity index is 446. The molecule has 1 fully saturated rings. The van der Waals surface area contributed by atoms with Gasteiger partial charge < -0.3 is 19.6 Å². The summed E-state index contributed by atoms with van der Waals surface area (Å²) in [5.41, 5.74) is 0.480. The smallest absolute Gasteiger partial charge is 0.220 e. The molecule has 110 valence electrons. The third kappa shape index (κ3) is 4.11. The fraction of sp³-hybridized carbons (Fsp3) is 0.600. The molecule has 0 bridgehead atoms. The monoisotopic (exact) mass is 278 g/mol. The highest BCUT2D eigenvalue weighted by atomic mass is 16.4. The van der Waals surface area contributed by atoms with Crippen LogP contribution in [0.1, 0.15) is 50.5 Å². The fourth-order valence-electron chi connectivity index (χ4n) is 3.02. The van der Waals surface area contributed by atoms with Crippen LogP contribution in [0, 0.1) is 5.41 Å². The molecule has 1 aliphatic carbocycles. The van der Waals surface area contributed by atoms with Gasteiger partial charge in [0.05, 0.1) is 12.5 Å². The first-order chi connectivity index (χ1) is 9.60. The van der Waals surface area contributed by atoms with E-state index < -0.39 is 11.4 Å². The molecule has 1 saturated carbocycles. The highest BCUT2D eigenvalue weighted by molar-refractivity contribution is 5.77. The van der Waals surface area contributed by atoms with E-state index in [0.29, 0.717) is 6.54 Å². The van der Waals surface area contributed by atoms with E-state index in [9.17, 15) is 14.7 Å². The van der Waals surface area contributed by atoms with Crippen molar-refractivity contribution in [2.24, 2.45) is 5.41 Å². The number of aliphatic carboxylic acids is 1. The molecule has 1 heterocycles. The third-order valence-corrected chi connectivity index (χ3v) is 4.04. The second kappa shape index (κ2) is 6.59. The van der Waals surface area contributed by atoms with Gasteiger partial charge in [0.25, 0.3) is 0 Å². The van der Waals surface area contributed by atoms with Crippen LogP contribution in [-0.2, 0) is 16.1 Å². The molecule has 1 aromatic heterocycles. The Kier molecular flexibility index (Phi) is 4.82. The van der Waals surface area contributed by atoms with E-state index in [2.05, 4.69) is 5.32 Å². The van der Waals surface area contributed by atoms with Crippen molar-refractivity contribution in [3.8, 4) is 0 Å². The van der Waals surface area contributed by atoms with Crippen molar-refractivity contribution in [1.82, 2.24) is 5.32 Å². The summed E-state index contributed by atoms with van der Waals surface area (Å²) < 4.78 is 4.93. The molecule has 0 aliphatic heterocycles. The molecule has 1 amide bonds. The summed E-state index contributed by atoms with van der Waals surface area (Å²) in [7, 11) is 0. The molecule has 0 radical (unpaired) electrons. The third-order valence-electron chi connectivity index (χ3n) is 4.04. The van der Waals surface area contributed by atoms with E-state index in [1.54, 1.807) is 18.6 Å². The van der Waals surface area contributed by atoms with Crippen molar-refractivity contribution in [3.05, 3.63) is 24.2 Å². The van der Waals surface area contributed by atoms with Crippen LogP contribution in [0.15, 0.2) is 23.0 Å². The standard InChI is InChI=1S/C15H21NO4/c17-13(16-10-12-4-7-20-11-12)8-15(9-14(18)19)5-2-1-3-6-15/h4,7,11H,1-3,5-6,8-10H2,(H,16,17)(H,18,19)/p-1. The SMILES string of the molecule is O=C([O-])CC1(CC(=O)NCc2ccoc2)CCCCC1. The van der Waals surface area contributed by atoms with Crippen molar-refractivity contribution in [2.75, 3.05) is 0 Å². The maximum absolute atomic E-state index is 12.0. The minimum Gasteiger partial charge on any atom is -0.550 e. The topological polar surface area (TPSA) is 82.4 Å². The van der Waals surface area contributed by atoms with Crippen LogP contribution in [0.3, 0.4) is 0 Å². The molecular formula is C15H20NO4-. The van der Waals surface area contributed by atoms with E-state index in [1.807, 2.05) is 0 Å². The first kappa shape index (κ1) is 14.6. The lowest BCUT2D eigenvalue weighted by atomic mass is 9.69. The van der Waals surface area contributed by atoms with E-state index in [0.717, 1.165) is 37.7 Å². The Hall–Kier alpha value is -1.78. The van der Waals surface area contributed by atoms with Gasteiger partial charge in [-0.05, 0) is 30.7 Å². The molecule has 1 N–H and O–H groups in total. The molecule has 0 saturated heterocycles. The first-order valence-corrected chi connectivity index (χ1v) is 7.07. The maximum atomic E-state index is 12.0. The fourth-order valence-corrected chi connectivity index (χ4v) is 3.02. The lowest BCUT2D eigenvalue weighted by molar-refractivity contribution is -0.308. The summed E-state index contributed by atoms with van der Waals surface area (Å²) in [4.78, 5) is 23.0. The van der Waals surface area contributed by atoms with Gasteiger partial charge in [-0.2, -0.15) is 0 Å². The summed E-state index contributed by atoms with van der Waals surface area (Å²) in [6, 6.07) is 1.79. The Balaban J connectivity index is 1.89. The van der Waals surface area contributed by atoms with E-state index in [4.69, 9.17) is 4.42 Å². The molecule has 20 heavy (non-hydrogen) atoms. The van der Waals surface area contributed by atoms with Gasteiger partial charge in [-0.25, -0.2) is 0 Å². The van der Waals surface area contributed by atoms with Crippen LogP contribution >= 0.6 is 0 Å². The van der Waals surface area contributed by atoms with Gasteiger partial charge in [0.2, 0.25) is 5.91 Å². The number of hydrogen-bond donors (Lipinski definition) is 1. The van der Waals surface area contributed by atoms with Crippen molar-refractivity contribution in [2.45, 2.75) is 51.5 Å². The normalized spacial score (nSPS) is 17.6. The summed E-state index contributed by atoms with van der Waals surface area (Å²) in [6.45, 7) is 0.413. The molecule has 0 atom stereocenters. The number of hydrogen-bond acceptors (Lipinski definition) is 4. The average Bonchev–Trinajstić information content (AvgIpc) is 2.89. The Morgan fingerprint density at radius 3 is 2.60 bits per heavy atom. The number of nitrogens with one attached hydrogen (secondary N) is 1. The van der Waals surface area contributed by atoms with Crippen LogP contribution < -0.4 is 10.4 Å². The quantitative estimate of drug-likeness (QED) is 0.852. The molecule has 1 aromatic rings. The van der Waals surface area contributed by atoms with Crippen molar-refractivity contribution in [3.63, 3.8) is 0 Å². The minimum absolute atomic E-state index is 0.0217. The zero-order chi connectivity index (χ0) is 14.4. The summed E-state index contributed by atoms with van der Waals surface area (Å²) in [5.74, 6) is -1.16. The summed E-state index contributed by atoms with van der Waals surface area (Å²) in [6.07, 6.45) is 8.05. The van der Waals surface area contributed by atoms with Crippen LogP contribution in [0.4, 0.5) is 0 Å². The Morgan fingerprint density at radius 2 is 2.00 bits per heavy atom. The van der Waals surface area contributed by atoms with Crippen molar-refractivity contribution < 1.29 is 19.1 Å². The number of carbonyl (C=O) groups is 2. The van der Waals surface area contributed by atoms with Gasteiger partial charge in [-0.1, -0.05) is 19.3 Å². The van der Waals surface area contributed by atoms with Gasteiger partial charge in [0.1, 0.15) is 0 Å². The van der Waals surface area contributed by atoms with Gasteiger partial charge in [0.15, 0.2) is 0 Å². The number of amides is 1. The van der Waals surface area contributed by atoms with Gasteiger partial charge in [-0.3, -0.25) is 4.79 Å². The number of carbonyl (C=O) groups excluding carboxylic acids is 2. The molecule has 2 rings (SSSR count). The van der Waals surface area contributed by atoms with Crippen LogP contribution in [0.5, 0.6) is 0 Å². The van der Waals surface area contributed by atoms with Crippen molar-refractivity contribution >= 4 is 11.9 Å². The van der Waals surface area contributed by atoms with Crippen LogP contribution in [0.25, 0.3) is 0 Å². The molecule has 0 spiro atoms. The lowest BCUT2D eigenvalue weighted by Crippen LogP contribution is -2.38. The lowest BCUT2D eigenvalue weighted by Gasteiger charge is -2.37. The van der Waals surface area contributed by atoms with E-state index >= 15 is 0 Å². The highest BCUT2D eigenvalue weighted by Gasteiger charge is 2.34. The van der Waals surface area contributed by atoms with Crippen LogP contribution in [-0.4, -0.2) is 11.9 Å². The summed E-state index contributed by atoms with van der Waals surface area (Å²) in [5, 5.41) is 13.8. The predicted molar refractivity (Wildman–Crippen MR) is 70.3 cm³/mol. The second-order valence-corrected chi connectivity index (χ2v) is 5.69. The van der Waals surface area contributed by atoms with Crippen LogP contribution in [0.2, 0.25) is 0 Å². The van der Waals surface area contributed by atoms with Crippen molar-refractivity contribution in [1.29, 1.82) is 0 Å². The van der Waals surface area contributed by atoms with Gasteiger partial charge in [-0.15, -0.1) is 0 Å². The Labute approximate surface area is 118 Å². The highest BCUT2D eigenvalue weighted by Crippen LogP contribution is 2.42. The molecule has 5 heteroatoms. The number of carboxylic acid groups (broad SMARTS) is 1. The first-order valence-electron chi connectivity index (χ1n) is 7.07. The number of carboxylic acids is 1. The molecule has 5 nitrogen and oxygen atoms in total. The van der Waals surface area contributed by atoms with E-state index in [1.165, 1.54) is 0 Å². The van der Waals surface area contributed by atoms with Gasteiger partial charge in [0, 0.05) is 24.5 Å². The molecule has 0 unspecified atom stereocenters. The number of rotatable bonds is 6. The number of furan rings is 1. The zero-order valence-corrected chi connectivity index (χ0v) is 11.5. The average molecular weight is 278 g/mol. The van der Waals surface area contributed by atoms with E-state index in [-0.39, 0.29) is 18.7 Å². The minimum atomic E-state index is -1.06. The molecular weight excluding hydrogens is 258 g/mol. The largest absolute Gasteiger partial charge is 0.550 e. The maximum Gasteiger partial charge on any atom is 0.220 e. The predicted octanol–water partition coefficient (Wildman–Crippen LogP) is 1.38. The van der Waals surface area contributed by atoms with Gasteiger partial charge >= 0.3 is 0 Å².